The predicted molar refractivity (Wildman–Crippen MR) is 84.9 cm³/mol. The molecule has 0 saturated carbocycles. The fraction of sp³-hybridized carbons (Fsp3) is 0.533. The van der Waals surface area contributed by atoms with Crippen molar-refractivity contribution in [3.05, 3.63) is 34.3 Å². The Morgan fingerprint density at radius 3 is 2.45 bits per heavy atom. The van der Waals surface area contributed by atoms with Gasteiger partial charge in [0.2, 0.25) is 0 Å². The number of carbonyl (C=O) groups is 1. The van der Waals surface area contributed by atoms with Crippen LogP contribution in [0, 0.1) is 0 Å². The molecule has 5 heteroatoms. The van der Waals surface area contributed by atoms with Crippen LogP contribution >= 0.6 is 15.9 Å². The van der Waals surface area contributed by atoms with Crippen LogP contribution in [-0.2, 0) is 5.41 Å². The van der Waals surface area contributed by atoms with Crippen molar-refractivity contribution in [2.45, 2.75) is 32.2 Å². The highest BCUT2D eigenvalue weighted by Gasteiger charge is 2.23. The molecule has 0 fully saturated rings. The third kappa shape index (κ3) is 4.49. The number of aliphatic hydroxyl groups is 1. The van der Waals surface area contributed by atoms with Gasteiger partial charge in [-0.25, -0.2) is 4.79 Å². The molecule has 1 unspecified atom stereocenters. The van der Waals surface area contributed by atoms with Crippen LogP contribution in [0.5, 0.6) is 0 Å². The first-order valence-electron chi connectivity index (χ1n) is 6.65. The van der Waals surface area contributed by atoms with Gasteiger partial charge in [0, 0.05) is 23.5 Å². The Morgan fingerprint density at radius 2 is 1.95 bits per heavy atom. The predicted octanol–water partition coefficient (Wildman–Crippen LogP) is 2.75. The number of rotatable bonds is 5. The van der Waals surface area contributed by atoms with Gasteiger partial charge in [0.1, 0.15) is 0 Å². The maximum absolute atomic E-state index is 12.0. The van der Waals surface area contributed by atoms with Crippen molar-refractivity contribution in [3.63, 3.8) is 0 Å². The van der Waals surface area contributed by atoms with E-state index in [0.29, 0.717) is 6.54 Å². The van der Waals surface area contributed by atoms with E-state index in [1.54, 1.807) is 14.0 Å². The molecule has 0 radical (unpaired) electrons. The van der Waals surface area contributed by atoms with Gasteiger partial charge in [-0.05, 0) is 24.6 Å². The minimum atomic E-state index is -0.189. The van der Waals surface area contributed by atoms with Crippen molar-refractivity contribution in [1.82, 2.24) is 10.2 Å². The number of aliphatic hydroxyl groups excluding tert-OH is 1. The van der Waals surface area contributed by atoms with Gasteiger partial charge < -0.3 is 15.3 Å². The zero-order valence-corrected chi connectivity index (χ0v) is 14.1. The van der Waals surface area contributed by atoms with Crippen molar-refractivity contribution in [1.29, 1.82) is 0 Å². The second-order valence-corrected chi connectivity index (χ2v) is 6.61. The molecule has 2 N–H and O–H groups in total. The van der Waals surface area contributed by atoms with Crippen molar-refractivity contribution < 1.29 is 9.90 Å². The van der Waals surface area contributed by atoms with Gasteiger partial charge in [0.25, 0.3) is 0 Å². The Labute approximate surface area is 129 Å². The lowest BCUT2D eigenvalue weighted by Crippen LogP contribution is -2.47. The molecular formula is C15H23BrN2O2. The minimum absolute atomic E-state index is 0.0416. The monoisotopic (exact) mass is 342 g/mol. The molecule has 1 atom stereocenters. The van der Waals surface area contributed by atoms with E-state index in [1.807, 2.05) is 12.1 Å². The molecule has 0 aromatic heterocycles. The lowest BCUT2D eigenvalue weighted by atomic mass is 9.85. The highest BCUT2D eigenvalue weighted by molar-refractivity contribution is 9.10. The van der Waals surface area contributed by atoms with Gasteiger partial charge in [-0.2, -0.15) is 0 Å². The van der Waals surface area contributed by atoms with Gasteiger partial charge >= 0.3 is 6.03 Å². The maximum Gasteiger partial charge on any atom is 0.317 e. The lowest BCUT2D eigenvalue weighted by molar-refractivity contribution is 0.156. The smallest absolute Gasteiger partial charge is 0.317 e. The average Bonchev–Trinajstić information content (AvgIpc) is 2.43. The summed E-state index contributed by atoms with van der Waals surface area (Å²) in [6.07, 6.45) is 0. The first-order valence-corrected chi connectivity index (χ1v) is 7.45. The molecule has 112 valence electrons. The maximum atomic E-state index is 12.0. The SMILES string of the molecule is CC(CO)N(C)C(=O)NCC(C)(C)c1ccc(Br)cc1. The summed E-state index contributed by atoms with van der Waals surface area (Å²) in [7, 11) is 1.68. The Bertz CT molecular complexity index is 446. The number of nitrogens with zero attached hydrogens (tertiary/aromatic N) is 1. The van der Waals surface area contributed by atoms with Crippen LogP contribution < -0.4 is 5.32 Å². The van der Waals surface area contributed by atoms with Crippen molar-refractivity contribution >= 4 is 22.0 Å². The molecule has 0 spiro atoms. The average molecular weight is 343 g/mol. The highest BCUT2D eigenvalue weighted by Crippen LogP contribution is 2.24. The number of nitrogens with one attached hydrogen (secondary N) is 1. The van der Waals surface area contributed by atoms with E-state index in [9.17, 15) is 4.79 Å². The Hall–Kier alpha value is -1.07. The van der Waals surface area contributed by atoms with Crippen LogP contribution in [0.1, 0.15) is 26.3 Å². The van der Waals surface area contributed by atoms with E-state index in [-0.39, 0.29) is 24.1 Å². The van der Waals surface area contributed by atoms with Gasteiger partial charge in [-0.3, -0.25) is 0 Å². The Morgan fingerprint density at radius 1 is 1.40 bits per heavy atom. The molecule has 0 aliphatic heterocycles. The standard InChI is InChI=1S/C15H23BrN2O2/c1-11(9-19)18(4)14(20)17-10-15(2,3)12-5-7-13(16)8-6-12/h5-8,11,19H,9-10H2,1-4H3,(H,17,20). The third-order valence-electron chi connectivity index (χ3n) is 3.55. The van der Waals surface area contributed by atoms with Gasteiger partial charge in [-0.15, -0.1) is 0 Å². The number of hydrogen-bond acceptors (Lipinski definition) is 2. The number of benzene rings is 1. The van der Waals surface area contributed by atoms with Crippen LogP contribution in [0.25, 0.3) is 0 Å². The van der Waals surface area contributed by atoms with Crippen molar-refractivity contribution in [3.8, 4) is 0 Å². The summed E-state index contributed by atoms with van der Waals surface area (Å²) in [5.74, 6) is 0. The number of halogens is 1. The lowest BCUT2D eigenvalue weighted by Gasteiger charge is -2.29. The number of hydrogen-bond donors (Lipinski definition) is 2. The summed E-state index contributed by atoms with van der Waals surface area (Å²) in [6.45, 7) is 6.48. The molecule has 0 bridgehead atoms. The van der Waals surface area contributed by atoms with Gasteiger partial charge in [0.05, 0.1) is 12.6 Å². The normalized spacial score (nSPS) is 12.9. The third-order valence-corrected chi connectivity index (χ3v) is 4.08. The molecule has 0 aliphatic rings. The van der Waals surface area contributed by atoms with Crippen LogP contribution in [0.4, 0.5) is 4.79 Å². The Balaban J connectivity index is 2.63. The summed E-state index contributed by atoms with van der Waals surface area (Å²) >= 11 is 3.42. The molecule has 2 amide bonds. The van der Waals surface area contributed by atoms with Crippen LogP contribution in [0.15, 0.2) is 28.7 Å². The fourth-order valence-electron chi connectivity index (χ4n) is 1.75. The molecule has 1 rings (SSSR count). The summed E-state index contributed by atoms with van der Waals surface area (Å²) in [5.41, 5.74) is 1.01. The molecule has 0 saturated heterocycles. The molecule has 20 heavy (non-hydrogen) atoms. The quantitative estimate of drug-likeness (QED) is 0.864. The Kier molecular flexibility index (Phi) is 6.02. The summed E-state index contributed by atoms with van der Waals surface area (Å²) in [5, 5.41) is 12.0. The number of urea groups is 1. The fourth-order valence-corrected chi connectivity index (χ4v) is 2.01. The minimum Gasteiger partial charge on any atom is -0.394 e. The van der Waals surface area contributed by atoms with Crippen molar-refractivity contribution in [2.75, 3.05) is 20.2 Å². The molecule has 1 aromatic rings. The van der Waals surface area contributed by atoms with E-state index in [0.717, 1.165) is 4.47 Å². The topological polar surface area (TPSA) is 52.6 Å². The summed E-state index contributed by atoms with van der Waals surface area (Å²) < 4.78 is 1.04. The molecule has 0 aliphatic carbocycles. The van der Waals surface area contributed by atoms with E-state index in [1.165, 1.54) is 10.5 Å². The largest absolute Gasteiger partial charge is 0.394 e. The van der Waals surface area contributed by atoms with Crippen LogP contribution in [-0.4, -0.2) is 42.3 Å². The first-order chi connectivity index (χ1) is 9.27. The van der Waals surface area contributed by atoms with Crippen LogP contribution in [0.2, 0.25) is 0 Å². The zero-order chi connectivity index (χ0) is 15.3. The molecule has 4 nitrogen and oxygen atoms in total. The second kappa shape index (κ2) is 7.09. The molecular weight excluding hydrogens is 320 g/mol. The van der Waals surface area contributed by atoms with Crippen LogP contribution in [0.3, 0.4) is 0 Å². The van der Waals surface area contributed by atoms with E-state index in [2.05, 4.69) is 47.2 Å². The van der Waals surface area contributed by atoms with E-state index < -0.39 is 0 Å². The highest BCUT2D eigenvalue weighted by atomic mass is 79.9. The summed E-state index contributed by atoms with van der Waals surface area (Å²) in [6, 6.07) is 7.74. The van der Waals surface area contributed by atoms with E-state index >= 15 is 0 Å². The molecule has 0 heterocycles. The zero-order valence-electron chi connectivity index (χ0n) is 12.5. The second-order valence-electron chi connectivity index (χ2n) is 5.69. The van der Waals surface area contributed by atoms with Gasteiger partial charge in [0.15, 0.2) is 0 Å². The number of likely N-dealkylation sites (N-methyl/N-ethyl adjacent to an activating group) is 1. The van der Waals surface area contributed by atoms with E-state index in [4.69, 9.17) is 5.11 Å². The first kappa shape index (κ1) is 17.0. The van der Waals surface area contributed by atoms with Gasteiger partial charge in [-0.1, -0.05) is 41.9 Å². The number of carbonyl (C=O) groups excluding carboxylic acids is 1. The molecule has 1 aromatic carbocycles. The number of amides is 2. The van der Waals surface area contributed by atoms with Crippen molar-refractivity contribution in [2.24, 2.45) is 0 Å². The summed E-state index contributed by atoms with van der Waals surface area (Å²) in [4.78, 5) is 13.5.